The van der Waals surface area contributed by atoms with E-state index in [1.807, 2.05) is 62.4 Å². The molecule has 1 amide bonds. The number of benzene rings is 3. The van der Waals surface area contributed by atoms with Crippen LogP contribution in [0.25, 0.3) is 6.08 Å². The third-order valence-electron chi connectivity index (χ3n) is 5.13. The number of ether oxygens (including phenoxy) is 2. The molecule has 5 nitrogen and oxygen atoms in total. The number of hydrogen-bond donors (Lipinski definition) is 0. The Morgan fingerprint density at radius 3 is 2.43 bits per heavy atom. The van der Waals surface area contributed by atoms with E-state index in [1.54, 1.807) is 17.0 Å². The maximum atomic E-state index is 13.2. The first-order valence-electron chi connectivity index (χ1n) is 11.2. The highest BCUT2D eigenvalue weighted by Gasteiger charge is 2.32. The summed E-state index contributed by atoms with van der Waals surface area (Å²) in [7, 11) is 0. The van der Waals surface area contributed by atoms with Gasteiger partial charge in [-0.15, -0.1) is 0 Å². The average Bonchev–Trinajstić information content (AvgIpc) is 3.14. The maximum absolute atomic E-state index is 13.2. The monoisotopic (exact) mass is 554 g/mol. The van der Waals surface area contributed by atoms with Gasteiger partial charge in [0.1, 0.15) is 12.4 Å². The average molecular weight is 555 g/mol. The van der Waals surface area contributed by atoms with Crippen LogP contribution < -0.4 is 9.47 Å². The first-order valence-corrected chi connectivity index (χ1v) is 12.8. The lowest BCUT2D eigenvalue weighted by Gasteiger charge is -2.13. The molecule has 3 aromatic carbocycles. The molecule has 1 saturated heterocycles. The van der Waals surface area contributed by atoms with Gasteiger partial charge in [-0.05, 0) is 91.3 Å². The highest BCUT2D eigenvalue weighted by molar-refractivity contribution is 9.10. The van der Waals surface area contributed by atoms with Gasteiger partial charge in [-0.25, -0.2) is 9.38 Å². The molecule has 8 heteroatoms. The second kappa shape index (κ2) is 11.6. The van der Waals surface area contributed by atoms with Crippen molar-refractivity contribution in [3.8, 4) is 11.5 Å². The number of carbonyl (C=O) groups excluding carboxylic acids is 1. The molecule has 4 rings (SSSR count). The Morgan fingerprint density at radius 1 is 1.00 bits per heavy atom. The van der Waals surface area contributed by atoms with Crippen LogP contribution in [-0.2, 0) is 11.4 Å². The van der Waals surface area contributed by atoms with Crippen LogP contribution in [0.2, 0.25) is 0 Å². The lowest BCUT2D eigenvalue weighted by molar-refractivity contribution is -0.122. The van der Waals surface area contributed by atoms with E-state index in [2.05, 4.69) is 20.9 Å². The number of thioether (sulfide) groups is 1. The van der Waals surface area contributed by atoms with E-state index in [0.29, 0.717) is 47.0 Å². The summed E-state index contributed by atoms with van der Waals surface area (Å²) in [5.74, 6) is 0.802. The number of halogens is 2. The predicted octanol–water partition coefficient (Wildman–Crippen LogP) is 7.19. The zero-order valence-electron chi connectivity index (χ0n) is 19.3. The van der Waals surface area contributed by atoms with Crippen molar-refractivity contribution < 1.29 is 18.7 Å². The van der Waals surface area contributed by atoms with Gasteiger partial charge in [-0.2, -0.15) is 0 Å². The minimum Gasteiger partial charge on any atom is -0.490 e. The van der Waals surface area contributed by atoms with E-state index >= 15 is 0 Å². The van der Waals surface area contributed by atoms with Crippen molar-refractivity contribution in [2.75, 3.05) is 13.2 Å². The number of nitrogens with zero attached hydrogens (tertiary/aromatic N) is 2. The fraction of sp³-hybridized carbons (Fsp3) is 0.185. The highest BCUT2D eigenvalue weighted by Crippen LogP contribution is 2.36. The molecule has 0 unspecified atom stereocenters. The normalized spacial score (nSPS) is 15.8. The number of amidine groups is 1. The van der Waals surface area contributed by atoms with Crippen molar-refractivity contribution in [3.05, 3.63) is 93.1 Å². The van der Waals surface area contributed by atoms with Gasteiger partial charge >= 0.3 is 0 Å². The summed E-state index contributed by atoms with van der Waals surface area (Å²) in [6.45, 7) is 5.19. The topological polar surface area (TPSA) is 51.1 Å². The molecular weight excluding hydrogens is 531 g/mol. The summed E-state index contributed by atoms with van der Waals surface area (Å²) < 4.78 is 26.1. The maximum Gasteiger partial charge on any atom is 0.266 e. The Bertz CT molecular complexity index is 1260. The molecule has 1 fully saturated rings. The molecule has 35 heavy (non-hydrogen) atoms. The van der Waals surface area contributed by atoms with E-state index in [9.17, 15) is 9.18 Å². The van der Waals surface area contributed by atoms with Gasteiger partial charge in [0.25, 0.3) is 5.91 Å². The van der Waals surface area contributed by atoms with Crippen LogP contribution in [0.4, 0.5) is 10.1 Å². The summed E-state index contributed by atoms with van der Waals surface area (Å²) in [5.41, 5.74) is 2.45. The van der Waals surface area contributed by atoms with Gasteiger partial charge in [-0.1, -0.05) is 34.1 Å². The number of carbonyl (C=O) groups is 1. The van der Waals surface area contributed by atoms with Crippen molar-refractivity contribution in [1.82, 2.24) is 4.90 Å². The molecule has 0 radical (unpaired) electrons. The molecule has 0 aromatic heterocycles. The van der Waals surface area contributed by atoms with Crippen LogP contribution in [0.15, 0.2) is 81.1 Å². The Morgan fingerprint density at radius 2 is 1.74 bits per heavy atom. The second-order valence-electron chi connectivity index (χ2n) is 7.59. The largest absolute Gasteiger partial charge is 0.490 e. The molecule has 1 aliphatic rings. The quantitative estimate of drug-likeness (QED) is 0.276. The number of aliphatic imine (C=N–C) groups is 1. The van der Waals surface area contributed by atoms with E-state index in [-0.39, 0.29) is 11.7 Å². The third-order valence-corrected chi connectivity index (χ3v) is 6.66. The van der Waals surface area contributed by atoms with Gasteiger partial charge in [-0.3, -0.25) is 9.69 Å². The Kier molecular flexibility index (Phi) is 8.25. The number of amides is 1. The molecule has 0 saturated carbocycles. The van der Waals surface area contributed by atoms with Crippen LogP contribution >= 0.6 is 27.7 Å². The van der Waals surface area contributed by atoms with Gasteiger partial charge in [0.15, 0.2) is 16.7 Å². The lowest BCUT2D eigenvalue weighted by Crippen LogP contribution is -2.28. The zero-order chi connectivity index (χ0) is 24.8. The van der Waals surface area contributed by atoms with Crippen LogP contribution in [0, 0.1) is 5.82 Å². The van der Waals surface area contributed by atoms with Crippen LogP contribution in [0.5, 0.6) is 11.5 Å². The fourth-order valence-corrected chi connectivity index (χ4v) is 4.72. The molecule has 0 spiro atoms. The standard InChI is InChI=1S/C27H24BrFN2O3S/c1-3-31-26(32)25(35-27(31)30-22-12-10-21(29)11-13-22)16-19-7-14-23(24(15-19)33-4-2)34-17-18-5-8-20(28)9-6-18/h5-16H,3-4,17H2,1-2H3/b25-16+,30-27?. The van der Waals surface area contributed by atoms with E-state index in [0.717, 1.165) is 15.6 Å². The molecule has 0 atom stereocenters. The van der Waals surface area contributed by atoms with E-state index < -0.39 is 0 Å². The van der Waals surface area contributed by atoms with Gasteiger partial charge in [0.2, 0.25) is 0 Å². The third kappa shape index (κ3) is 6.32. The second-order valence-corrected chi connectivity index (χ2v) is 9.51. The molecule has 0 bridgehead atoms. The van der Waals surface area contributed by atoms with E-state index in [4.69, 9.17) is 9.47 Å². The van der Waals surface area contributed by atoms with Crippen molar-refractivity contribution in [3.63, 3.8) is 0 Å². The Balaban J connectivity index is 1.55. The SMILES string of the molecule is CCOc1cc(/C=C2/SC(=Nc3ccc(F)cc3)N(CC)C2=O)ccc1OCc1ccc(Br)cc1. The zero-order valence-corrected chi connectivity index (χ0v) is 21.7. The summed E-state index contributed by atoms with van der Waals surface area (Å²) in [4.78, 5) is 19.7. The van der Waals surface area contributed by atoms with Crippen molar-refractivity contribution in [2.24, 2.45) is 4.99 Å². The molecule has 0 aliphatic carbocycles. The first kappa shape index (κ1) is 25.0. The fourth-order valence-electron chi connectivity index (χ4n) is 3.39. The van der Waals surface area contributed by atoms with Crippen molar-refractivity contribution in [2.45, 2.75) is 20.5 Å². The number of rotatable bonds is 8. The highest BCUT2D eigenvalue weighted by atomic mass is 79.9. The smallest absolute Gasteiger partial charge is 0.266 e. The minimum absolute atomic E-state index is 0.119. The van der Waals surface area contributed by atoms with Gasteiger partial charge < -0.3 is 9.47 Å². The van der Waals surface area contributed by atoms with Crippen LogP contribution in [0.1, 0.15) is 25.0 Å². The molecule has 0 N–H and O–H groups in total. The van der Waals surface area contributed by atoms with Gasteiger partial charge in [0, 0.05) is 11.0 Å². The number of hydrogen-bond acceptors (Lipinski definition) is 5. The molecule has 1 heterocycles. The van der Waals surface area contributed by atoms with Crippen molar-refractivity contribution >= 4 is 50.5 Å². The summed E-state index contributed by atoms with van der Waals surface area (Å²) in [5, 5.41) is 0.565. The summed E-state index contributed by atoms with van der Waals surface area (Å²) in [6.07, 6.45) is 1.82. The summed E-state index contributed by atoms with van der Waals surface area (Å²) >= 11 is 4.73. The molecule has 1 aliphatic heterocycles. The Hall–Kier alpha value is -3.10. The van der Waals surface area contributed by atoms with Gasteiger partial charge in [0.05, 0.1) is 17.2 Å². The lowest BCUT2D eigenvalue weighted by atomic mass is 10.1. The van der Waals surface area contributed by atoms with Crippen molar-refractivity contribution in [1.29, 1.82) is 0 Å². The first-order chi connectivity index (χ1) is 17.0. The van der Waals surface area contributed by atoms with E-state index in [1.165, 1.54) is 23.9 Å². The van der Waals surface area contributed by atoms with Crippen LogP contribution in [0.3, 0.4) is 0 Å². The summed E-state index contributed by atoms with van der Waals surface area (Å²) in [6, 6.07) is 19.4. The number of likely N-dealkylation sites (N-methyl/N-ethyl adjacent to an activating group) is 1. The van der Waals surface area contributed by atoms with Crippen LogP contribution in [-0.4, -0.2) is 29.1 Å². The molecular formula is C27H24BrFN2O3S. The minimum atomic E-state index is -0.327. The predicted molar refractivity (Wildman–Crippen MR) is 143 cm³/mol. The molecule has 180 valence electrons. The molecule has 3 aromatic rings. The Labute approximate surface area is 216 Å².